The van der Waals surface area contributed by atoms with Gasteiger partial charge in [0.15, 0.2) is 0 Å². The first-order valence-electron chi connectivity index (χ1n) is 4.14. The minimum absolute atomic E-state index is 0.128. The second kappa shape index (κ2) is 7.52. The molecule has 0 unspecified atom stereocenters. The molecule has 0 spiro atoms. The molecular formula is C8H14O5S. The van der Waals surface area contributed by atoms with Gasteiger partial charge in [-0.15, -0.1) is 0 Å². The van der Waals surface area contributed by atoms with Crippen LogP contribution in [0.2, 0.25) is 0 Å². The van der Waals surface area contributed by atoms with Gasteiger partial charge in [-0.25, -0.2) is 13.2 Å². The SMILES string of the molecule is C=C(C)C(=O)OCCCCO[SH](=O)=O. The molecule has 0 N–H and O–H groups in total. The van der Waals surface area contributed by atoms with Crippen molar-refractivity contribution in [2.24, 2.45) is 0 Å². The van der Waals surface area contributed by atoms with Crippen LogP contribution in [-0.4, -0.2) is 27.6 Å². The summed E-state index contributed by atoms with van der Waals surface area (Å²) in [4.78, 5) is 10.8. The van der Waals surface area contributed by atoms with E-state index in [1.807, 2.05) is 0 Å². The summed E-state index contributed by atoms with van der Waals surface area (Å²) < 4.78 is 29.0. The van der Waals surface area contributed by atoms with Gasteiger partial charge in [-0.05, 0) is 19.8 Å². The van der Waals surface area contributed by atoms with Crippen molar-refractivity contribution in [2.45, 2.75) is 19.8 Å². The molecule has 0 aromatic heterocycles. The van der Waals surface area contributed by atoms with Gasteiger partial charge in [-0.3, -0.25) is 4.18 Å². The minimum atomic E-state index is -2.77. The van der Waals surface area contributed by atoms with Crippen molar-refractivity contribution < 1.29 is 22.1 Å². The molecule has 0 amide bonds. The summed E-state index contributed by atoms with van der Waals surface area (Å²) in [6, 6.07) is 0. The maximum Gasteiger partial charge on any atom is 0.333 e. The Hall–Kier alpha value is -0.880. The van der Waals surface area contributed by atoms with Crippen molar-refractivity contribution in [1.29, 1.82) is 0 Å². The van der Waals surface area contributed by atoms with Crippen LogP contribution in [0.4, 0.5) is 0 Å². The van der Waals surface area contributed by atoms with E-state index in [9.17, 15) is 13.2 Å². The van der Waals surface area contributed by atoms with Crippen LogP contribution in [0.5, 0.6) is 0 Å². The van der Waals surface area contributed by atoms with Crippen molar-refractivity contribution in [2.75, 3.05) is 13.2 Å². The zero-order chi connectivity index (χ0) is 11.0. The van der Waals surface area contributed by atoms with Crippen LogP contribution in [0, 0.1) is 0 Å². The molecular weight excluding hydrogens is 208 g/mol. The summed E-state index contributed by atoms with van der Waals surface area (Å²) in [6.45, 7) is 5.36. The molecule has 82 valence electrons. The highest BCUT2D eigenvalue weighted by molar-refractivity contribution is 7.67. The number of carbonyl (C=O) groups excluding carboxylic acids is 1. The number of thiol groups is 1. The molecule has 6 heteroatoms. The Morgan fingerprint density at radius 2 is 1.86 bits per heavy atom. The van der Waals surface area contributed by atoms with Crippen LogP contribution in [0.15, 0.2) is 12.2 Å². The average molecular weight is 222 g/mol. The van der Waals surface area contributed by atoms with Gasteiger partial charge in [-0.1, -0.05) is 6.58 Å². The van der Waals surface area contributed by atoms with Crippen molar-refractivity contribution in [1.82, 2.24) is 0 Å². The quantitative estimate of drug-likeness (QED) is 0.293. The Morgan fingerprint density at radius 1 is 1.29 bits per heavy atom. The van der Waals surface area contributed by atoms with Crippen LogP contribution in [-0.2, 0) is 24.7 Å². The van der Waals surface area contributed by atoms with E-state index in [1.165, 1.54) is 0 Å². The lowest BCUT2D eigenvalue weighted by molar-refractivity contribution is -0.139. The zero-order valence-electron chi connectivity index (χ0n) is 8.02. The standard InChI is InChI=1S/C8H14O5S/c1-7(2)8(9)12-5-3-4-6-13-14(10)11/h14H,1,3-6H2,2H3. The molecule has 0 aromatic rings. The van der Waals surface area contributed by atoms with Crippen LogP contribution < -0.4 is 0 Å². The van der Waals surface area contributed by atoms with Crippen molar-refractivity contribution in [3.8, 4) is 0 Å². The predicted molar refractivity (Wildman–Crippen MR) is 51.3 cm³/mol. The molecule has 0 aliphatic heterocycles. The van der Waals surface area contributed by atoms with Crippen LogP contribution in [0.3, 0.4) is 0 Å². The Kier molecular flexibility index (Phi) is 7.04. The lowest BCUT2D eigenvalue weighted by Gasteiger charge is -2.02. The molecule has 0 saturated heterocycles. The van der Waals surface area contributed by atoms with Crippen molar-refractivity contribution >= 4 is 17.0 Å². The highest BCUT2D eigenvalue weighted by Gasteiger charge is 2.01. The van der Waals surface area contributed by atoms with Crippen LogP contribution in [0.25, 0.3) is 0 Å². The number of unbranched alkanes of at least 4 members (excludes halogenated alkanes) is 1. The third kappa shape index (κ3) is 7.75. The first-order valence-corrected chi connectivity index (χ1v) is 5.23. The first-order chi connectivity index (χ1) is 6.54. The third-order valence-corrected chi connectivity index (χ3v) is 1.71. The summed E-state index contributed by atoms with van der Waals surface area (Å²) in [5.41, 5.74) is 0.351. The molecule has 5 nitrogen and oxygen atoms in total. The van der Waals surface area contributed by atoms with Gasteiger partial charge in [0.25, 0.3) is 11.0 Å². The van der Waals surface area contributed by atoms with Gasteiger partial charge in [0.2, 0.25) is 0 Å². The molecule has 0 rings (SSSR count). The van der Waals surface area contributed by atoms with Crippen molar-refractivity contribution in [3.05, 3.63) is 12.2 Å². The molecule has 0 bridgehead atoms. The van der Waals surface area contributed by atoms with E-state index >= 15 is 0 Å². The molecule has 0 heterocycles. The minimum Gasteiger partial charge on any atom is -0.462 e. The fourth-order valence-electron chi connectivity index (χ4n) is 0.631. The summed E-state index contributed by atoms with van der Waals surface area (Å²) in [6.07, 6.45) is 1.11. The maximum atomic E-state index is 10.8. The van der Waals surface area contributed by atoms with Crippen molar-refractivity contribution in [3.63, 3.8) is 0 Å². The van der Waals surface area contributed by atoms with Crippen LogP contribution in [0.1, 0.15) is 19.8 Å². The van der Waals surface area contributed by atoms with E-state index < -0.39 is 17.0 Å². The number of carbonyl (C=O) groups is 1. The number of hydrogen-bond acceptors (Lipinski definition) is 5. The third-order valence-electron chi connectivity index (χ3n) is 1.32. The number of ether oxygens (including phenoxy) is 1. The fourth-order valence-corrected chi connectivity index (χ4v) is 0.909. The van der Waals surface area contributed by atoms with E-state index in [0.717, 1.165) is 0 Å². The average Bonchev–Trinajstić information content (AvgIpc) is 2.09. The smallest absolute Gasteiger partial charge is 0.333 e. The van der Waals surface area contributed by atoms with Gasteiger partial charge < -0.3 is 4.74 Å². The van der Waals surface area contributed by atoms with Gasteiger partial charge >= 0.3 is 5.97 Å². The lowest BCUT2D eigenvalue weighted by atomic mass is 10.3. The second-order valence-electron chi connectivity index (χ2n) is 2.68. The van der Waals surface area contributed by atoms with Gasteiger partial charge in [0, 0.05) is 5.57 Å². The van der Waals surface area contributed by atoms with E-state index in [-0.39, 0.29) is 13.2 Å². The highest BCUT2D eigenvalue weighted by atomic mass is 32.2. The van der Waals surface area contributed by atoms with Crippen LogP contribution >= 0.6 is 0 Å². The van der Waals surface area contributed by atoms with Gasteiger partial charge in [-0.2, -0.15) is 0 Å². The van der Waals surface area contributed by atoms with E-state index in [1.54, 1.807) is 6.92 Å². The normalized spacial score (nSPS) is 10.1. The van der Waals surface area contributed by atoms with Gasteiger partial charge in [0.1, 0.15) is 0 Å². The predicted octanol–water partition coefficient (Wildman–Crippen LogP) is 0.429. The molecule has 0 aliphatic carbocycles. The summed E-state index contributed by atoms with van der Waals surface area (Å²) in [5.74, 6) is -0.430. The Balaban J connectivity index is 3.30. The number of rotatable bonds is 7. The maximum absolute atomic E-state index is 10.8. The molecule has 0 saturated carbocycles. The van der Waals surface area contributed by atoms with Gasteiger partial charge in [0.05, 0.1) is 13.2 Å². The molecule has 0 aliphatic rings. The summed E-state index contributed by atoms with van der Waals surface area (Å²) >= 11 is 0. The second-order valence-corrected chi connectivity index (χ2v) is 3.39. The molecule has 0 atom stereocenters. The lowest BCUT2D eigenvalue weighted by Crippen LogP contribution is -2.06. The molecule has 0 fully saturated rings. The summed E-state index contributed by atoms with van der Waals surface area (Å²) in [5, 5.41) is 0. The topological polar surface area (TPSA) is 69.7 Å². The largest absolute Gasteiger partial charge is 0.462 e. The van der Waals surface area contributed by atoms with E-state index in [2.05, 4.69) is 10.8 Å². The number of esters is 1. The number of hydrogen-bond donors (Lipinski definition) is 1. The zero-order valence-corrected chi connectivity index (χ0v) is 8.92. The highest BCUT2D eigenvalue weighted by Crippen LogP contribution is 1.96. The Morgan fingerprint density at radius 3 is 2.36 bits per heavy atom. The molecule has 0 radical (unpaired) electrons. The van der Waals surface area contributed by atoms with E-state index in [4.69, 9.17) is 4.74 Å². The van der Waals surface area contributed by atoms with E-state index in [0.29, 0.717) is 18.4 Å². The molecule has 14 heavy (non-hydrogen) atoms. The first kappa shape index (κ1) is 13.1. The Bertz CT molecular complexity index is 261. The Labute approximate surface area is 84.9 Å². The monoisotopic (exact) mass is 222 g/mol. The fraction of sp³-hybridized carbons (Fsp3) is 0.625. The summed E-state index contributed by atoms with van der Waals surface area (Å²) in [7, 11) is -2.77. The molecule has 0 aromatic carbocycles.